The minimum atomic E-state index is -0.0417. The first kappa shape index (κ1) is 17.4. The van der Waals surface area contributed by atoms with Crippen molar-refractivity contribution in [3.05, 3.63) is 35.4 Å². The number of nitrogens with one attached hydrogen (secondary N) is 1. The second-order valence-electron chi connectivity index (χ2n) is 8.00. The summed E-state index contributed by atoms with van der Waals surface area (Å²) in [5.41, 5.74) is 8.66. The van der Waals surface area contributed by atoms with Crippen molar-refractivity contribution in [1.82, 2.24) is 10.2 Å². The van der Waals surface area contributed by atoms with Crippen LogP contribution in [0, 0.1) is 11.8 Å². The molecule has 1 aliphatic carbocycles. The Labute approximate surface area is 145 Å². The highest BCUT2D eigenvalue weighted by Crippen LogP contribution is 2.31. The lowest BCUT2D eigenvalue weighted by molar-refractivity contribution is -0.126. The molecule has 0 bridgehead atoms. The number of fused-ring (bicyclic) bond motifs is 1. The van der Waals surface area contributed by atoms with Crippen LogP contribution in [0.25, 0.3) is 0 Å². The molecule has 132 valence electrons. The first-order valence-electron chi connectivity index (χ1n) is 9.31. The Morgan fingerprint density at radius 2 is 2.04 bits per heavy atom. The molecule has 3 N–H and O–H groups in total. The standard InChI is InChI=1S/C20H31N3O/c1-20(2,14-22-19(24)18-9-5-8-16(18)12-21)23-11-10-15-6-3-4-7-17(15)13-23/h3-4,6-7,16,18H,5,8-14,21H2,1-2H3,(H,22,24)/t16-,18-/m1/s1. The fourth-order valence-corrected chi connectivity index (χ4v) is 4.22. The van der Waals surface area contributed by atoms with Crippen LogP contribution >= 0.6 is 0 Å². The molecule has 1 saturated carbocycles. The summed E-state index contributed by atoms with van der Waals surface area (Å²) >= 11 is 0. The fourth-order valence-electron chi connectivity index (χ4n) is 4.22. The molecular formula is C20H31N3O. The Kier molecular flexibility index (Phi) is 5.26. The number of benzene rings is 1. The Morgan fingerprint density at radius 1 is 1.29 bits per heavy atom. The number of carbonyl (C=O) groups excluding carboxylic acids is 1. The van der Waals surface area contributed by atoms with Gasteiger partial charge in [0.1, 0.15) is 0 Å². The first-order valence-corrected chi connectivity index (χ1v) is 9.31. The van der Waals surface area contributed by atoms with Gasteiger partial charge in [-0.05, 0) is 56.7 Å². The maximum absolute atomic E-state index is 12.6. The molecule has 0 saturated heterocycles. The van der Waals surface area contributed by atoms with Crippen LogP contribution < -0.4 is 11.1 Å². The van der Waals surface area contributed by atoms with Crippen molar-refractivity contribution < 1.29 is 4.79 Å². The third-order valence-corrected chi connectivity index (χ3v) is 5.98. The molecule has 1 amide bonds. The van der Waals surface area contributed by atoms with Crippen LogP contribution in [0.15, 0.2) is 24.3 Å². The molecule has 3 rings (SSSR count). The summed E-state index contributed by atoms with van der Waals surface area (Å²) in [6.07, 6.45) is 4.31. The molecule has 1 aromatic carbocycles. The highest BCUT2D eigenvalue weighted by molar-refractivity contribution is 5.79. The average molecular weight is 329 g/mol. The molecule has 4 heteroatoms. The van der Waals surface area contributed by atoms with Gasteiger partial charge in [0.25, 0.3) is 0 Å². The van der Waals surface area contributed by atoms with E-state index in [0.29, 0.717) is 19.0 Å². The molecule has 0 aromatic heterocycles. The molecule has 1 heterocycles. The molecule has 2 atom stereocenters. The van der Waals surface area contributed by atoms with Gasteiger partial charge in [-0.1, -0.05) is 30.7 Å². The second-order valence-corrected chi connectivity index (χ2v) is 8.00. The molecule has 1 aliphatic heterocycles. The van der Waals surface area contributed by atoms with Crippen LogP contribution in [0.4, 0.5) is 0 Å². The molecule has 1 fully saturated rings. The van der Waals surface area contributed by atoms with Crippen molar-refractivity contribution in [2.24, 2.45) is 17.6 Å². The van der Waals surface area contributed by atoms with E-state index in [4.69, 9.17) is 5.73 Å². The van der Waals surface area contributed by atoms with Crippen LogP contribution in [0.5, 0.6) is 0 Å². The van der Waals surface area contributed by atoms with Gasteiger partial charge in [0.15, 0.2) is 0 Å². The highest BCUT2D eigenvalue weighted by atomic mass is 16.1. The molecule has 0 unspecified atom stereocenters. The lowest BCUT2D eigenvalue weighted by atomic mass is 9.92. The van der Waals surface area contributed by atoms with E-state index in [0.717, 1.165) is 38.8 Å². The van der Waals surface area contributed by atoms with Gasteiger partial charge >= 0.3 is 0 Å². The van der Waals surface area contributed by atoms with E-state index in [1.54, 1.807) is 0 Å². The van der Waals surface area contributed by atoms with Gasteiger partial charge in [0.05, 0.1) is 0 Å². The summed E-state index contributed by atoms with van der Waals surface area (Å²) in [6, 6.07) is 8.69. The van der Waals surface area contributed by atoms with Gasteiger partial charge in [-0.15, -0.1) is 0 Å². The largest absolute Gasteiger partial charge is 0.354 e. The van der Waals surface area contributed by atoms with Crippen molar-refractivity contribution in [2.45, 2.75) is 51.6 Å². The van der Waals surface area contributed by atoms with E-state index in [-0.39, 0.29) is 17.4 Å². The quantitative estimate of drug-likeness (QED) is 0.871. The summed E-state index contributed by atoms with van der Waals surface area (Å²) in [4.78, 5) is 15.0. The zero-order chi connectivity index (χ0) is 17.2. The first-order chi connectivity index (χ1) is 11.5. The molecule has 24 heavy (non-hydrogen) atoms. The van der Waals surface area contributed by atoms with Crippen LogP contribution in [-0.4, -0.2) is 36.0 Å². The van der Waals surface area contributed by atoms with Gasteiger partial charge in [-0.2, -0.15) is 0 Å². The van der Waals surface area contributed by atoms with Crippen molar-refractivity contribution in [2.75, 3.05) is 19.6 Å². The van der Waals surface area contributed by atoms with E-state index in [1.165, 1.54) is 11.1 Å². The predicted octanol–water partition coefficient (Wildman–Crippen LogP) is 2.31. The minimum Gasteiger partial charge on any atom is -0.354 e. The average Bonchev–Trinajstić information content (AvgIpc) is 3.08. The lowest BCUT2D eigenvalue weighted by Gasteiger charge is -2.42. The predicted molar refractivity (Wildman–Crippen MR) is 97.5 cm³/mol. The molecule has 1 aromatic rings. The van der Waals surface area contributed by atoms with Gasteiger partial charge in [-0.25, -0.2) is 0 Å². The number of rotatable bonds is 5. The second kappa shape index (κ2) is 7.24. The summed E-state index contributed by atoms with van der Waals surface area (Å²) < 4.78 is 0. The monoisotopic (exact) mass is 329 g/mol. The SMILES string of the molecule is CC(C)(CNC(=O)[C@@H]1CCC[C@@H]1CN)N1CCc2ccccc2C1. The summed E-state index contributed by atoms with van der Waals surface area (Å²) in [5.74, 6) is 0.691. The number of nitrogens with two attached hydrogens (primary N) is 1. The minimum absolute atomic E-state index is 0.0417. The maximum atomic E-state index is 12.6. The highest BCUT2D eigenvalue weighted by Gasteiger charge is 2.34. The molecule has 0 spiro atoms. The van der Waals surface area contributed by atoms with Crippen LogP contribution in [-0.2, 0) is 17.8 Å². The van der Waals surface area contributed by atoms with Gasteiger partial charge in [0, 0.05) is 31.1 Å². The Bertz CT molecular complexity index is 584. The fraction of sp³-hybridized carbons (Fsp3) is 0.650. The van der Waals surface area contributed by atoms with Crippen molar-refractivity contribution in [1.29, 1.82) is 0 Å². The number of nitrogens with zero attached hydrogens (tertiary/aromatic N) is 1. The van der Waals surface area contributed by atoms with E-state index >= 15 is 0 Å². The van der Waals surface area contributed by atoms with E-state index in [1.807, 2.05) is 0 Å². The zero-order valence-corrected chi connectivity index (χ0v) is 15.1. The van der Waals surface area contributed by atoms with Crippen molar-refractivity contribution in [3.8, 4) is 0 Å². The summed E-state index contributed by atoms with van der Waals surface area (Å²) in [6.45, 7) is 7.81. The topological polar surface area (TPSA) is 58.4 Å². The number of hydrogen-bond donors (Lipinski definition) is 2. The maximum Gasteiger partial charge on any atom is 0.223 e. The van der Waals surface area contributed by atoms with Crippen LogP contribution in [0.3, 0.4) is 0 Å². The van der Waals surface area contributed by atoms with Crippen molar-refractivity contribution in [3.63, 3.8) is 0 Å². The lowest BCUT2D eigenvalue weighted by Crippen LogP contribution is -2.54. The van der Waals surface area contributed by atoms with Crippen molar-refractivity contribution >= 4 is 5.91 Å². The third-order valence-electron chi connectivity index (χ3n) is 5.98. The van der Waals surface area contributed by atoms with Crippen LogP contribution in [0.2, 0.25) is 0 Å². The smallest absolute Gasteiger partial charge is 0.223 e. The van der Waals surface area contributed by atoms with Crippen LogP contribution in [0.1, 0.15) is 44.2 Å². The Morgan fingerprint density at radius 3 is 2.79 bits per heavy atom. The number of amides is 1. The van der Waals surface area contributed by atoms with Gasteiger partial charge in [0.2, 0.25) is 5.91 Å². The molecule has 0 radical (unpaired) electrons. The molecule has 4 nitrogen and oxygen atoms in total. The molecular weight excluding hydrogens is 298 g/mol. The normalized spacial score (nSPS) is 24.6. The summed E-state index contributed by atoms with van der Waals surface area (Å²) in [7, 11) is 0. The molecule has 2 aliphatic rings. The Balaban J connectivity index is 1.57. The van der Waals surface area contributed by atoms with E-state index in [9.17, 15) is 4.79 Å². The number of carbonyl (C=O) groups is 1. The van der Waals surface area contributed by atoms with Gasteiger partial charge < -0.3 is 11.1 Å². The Hall–Kier alpha value is -1.39. The summed E-state index contributed by atoms with van der Waals surface area (Å²) in [5, 5.41) is 3.21. The van der Waals surface area contributed by atoms with E-state index in [2.05, 4.69) is 48.3 Å². The third kappa shape index (κ3) is 3.65. The van der Waals surface area contributed by atoms with Gasteiger partial charge in [-0.3, -0.25) is 9.69 Å². The number of hydrogen-bond acceptors (Lipinski definition) is 3. The van der Waals surface area contributed by atoms with E-state index < -0.39 is 0 Å². The zero-order valence-electron chi connectivity index (χ0n) is 15.1.